The number of rotatable bonds is 1. The molecule has 2 N–H and O–H groups in total. The normalized spacial score (nSPS) is 21.2. The fourth-order valence-corrected chi connectivity index (χ4v) is 2.18. The number of hydrogen-bond acceptors (Lipinski definition) is 3. The second kappa shape index (κ2) is 3.37. The average molecular weight is 181 g/mol. The Morgan fingerprint density at radius 3 is 3.17 bits per heavy atom. The molecule has 0 aromatic heterocycles. The van der Waals surface area contributed by atoms with Crippen molar-refractivity contribution in [2.75, 3.05) is 12.3 Å². The Balaban J connectivity index is 2.23. The fraction of sp³-hybridized carbons (Fsp3) is 0.333. The van der Waals surface area contributed by atoms with Crippen molar-refractivity contribution in [1.82, 2.24) is 0 Å². The van der Waals surface area contributed by atoms with Gasteiger partial charge in [0, 0.05) is 17.2 Å². The molecule has 0 radical (unpaired) electrons. The van der Waals surface area contributed by atoms with Gasteiger partial charge in [0.15, 0.2) is 0 Å². The molecule has 0 bridgehead atoms. The molecule has 1 aromatic carbocycles. The molecule has 1 aliphatic rings. The first kappa shape index (κ1) is 7.95. The summed E-state index contributed by atoms with van der Waals surface area (Å²) in [5, 5.41) is 0. The van der Waals surface area contributed by atoms with Gasteiger partial charge in [-0.05, 0) is 12.1 Å². The molecule has 0 unspecified atom stereocenters. The summed E-state index contributed by atoms with van der Waals surface area (Å²) in [6.07, 6.45) is 0.185. The lowest BCUT2D eigenvalue weighted by atomic mass is 10.3. The Kier molecular flexibility index (Phi) is 2.23. The van der Waals surface area contributed by atoms with Crippen molar-refractivity contribution in [3.8, 4) is 5.75 Å². The zero-order valence-corrected chi connectivity index (χ0v) is 7.51. The van der Waals surface area contributed by atoms with Crippen LogP contribution in [0.2, 0.25) is 0 Å². The quantitative estimate of drug-likeness (QED) is 0.713. The highest BCUT2D eigenvalue weighted by Crippen LogP contribution is 2.34. The van der Waals surface area contributed by atoms with Gasteiger partial charge in [-0.2, -0.15) is 0 Å². The molecular weight excluding hydrogens is 170 g/mol. The van der Waals surface area contributed by atoms with Crippen molar-refractivity contribution < 1.29 is 4.74 Å². The molecule has 2 rings (SSSR count). The summed E-state index contributed by atoms with van der Waals surface area (Å²) in [4.78, 5) is 1.22. The molecule has 0 fully saturated rings. The van der Waals surface area contributed by atoms with Gasteiger partial charge in [0.1, 0.15) is 11.9 Å². The molecule has 0 amide bonds. The molecule has 0 aliphatic carbocycles. The van der Waals surface area contributed by atoms with Crippen LogP contribution >= 0.6 is 11.8 Å². The summed E-state index contributed by atoms with van der Waals surface area (Å²) in [6.45, 7) is 0.599. The van der Waals surface area contributed by atoms with Crippen molar-refractivity contribution in [3.05, 3.63) is 24.3 Å². The highest BCUT2D eigenvalue weighted by Gasteiger charge is 2.17. The first-order valence-electron chi connectivity index (χ1n) is 3.98. The van der Waals surface area contributed by atoms with Gasteiger partial charge in [-0.1, -0.05) is 12.1 Å². The first-order chi connectivity index (χ1) is 5.90. The van der Waals surface area contributed by atoms with Gasteiger partial charge in [0.25, 0.3) is 0 Å². The van der Waals surface area contributed by atoms with Gasteiger partial charge in [-0.25, -0.2) is 0 Å². The van der Waals surface area contributed by atoms with Gasteiger partial charge in [0.05, 0.1) is 0 Å². The minimum Gasteiger partial charge on any atom is -0.487 e. The molecular formula is C9H11NOS. The van der Waals surface area contributed by atoms with Gasteiger partial charge in [-0.3, -0.25) is 0 Å². The molecule has 1 atom stereocenters. The van der Waals surface area contributed by atoms with Gasteiger partial charge in [0.2, 0.25) is 0 Å². The van der Waals surface area contributed by atoms with Crippen molar-refractivity contribution in [3.63, 3.8) is 0 Å². The van der Waals surface area contributed by atoms with Crippen molar-refractivity contribution in [1.29, 1.82) is 0 Å². The molecule has 64 valence electrons. The van der Waals surface area contributed by atoms with Gasteiger partial charge in [-0.15, -0.1) is 11.8 Å². The van der Waals surface area contributed by atoms with E-state index in [-0.39, 0.29) is 6.10 Å². The zero-order chi connectivity index (χ0) is 8.39. The minimum atomic E-state index is 0.185. The summed E-state index contributed by atoms with van der Waals surface area (Å²) in [5.74, 6) is 1.94. The van der Waals surface area contributed by atoms with E-state index in [0.29, 0.717) is 6.54 Å². The average Bonchev–Trinajstić information content (AvgIpc) is 2.17. The van der Waals surface area contributed by atoms with Crippen LogP contribution in [-0.2, 0) is 0 Å². The van der Waals surface area contributed by atoms with E-state index < -0.39 is 0 Å². The lowest BCUT2D eigenvalue weighted by Gasteiger charge is -2.24. The van der Waals surface area contributed by atoms with E-state index in [9.17, 15) is 0 Å². The number of para-hydroxylation sites is 1. The van der Waals surface area contributed by atoms with E-state index in [2.05, 4.69) is 6.07 Å². The number of benzene rings is 1. The van der Waals surface area contributed by atoms with Crippen LogP contribution in [0.25, 0.3) is 0 Å². The van der Waals surface area contributed by atoms with Gasteiger partial charge < -0.3 is 10.5 Å². The molecule has 1 aliphatic heterocycles. The second-order valence-electron chi connectivity index (χ2n) is 2.73. The molecule has 1 heterocycles. The zero-order valence-electron chi connectivity index (χ0n) is 6.69. The second-order valence-corrected chi connectivity index (χ2v) is 3.80. The van der Waals surface area contributed by atoms with E-state index in [4.69, 9.17) is 10.5 Å². The highest BCUT2D eigenvalue weighted by molar-refractivity contribution is 7.99. The molecule has 0 saturated carbocycles. The standard InChI is InChI=1S/C9H11NOS/c10-5-7-6-12-9-4-2-1-3-8(9)11-7/h1-4,7H,5-6,10H2/t7-/m1/s1. The van der Waals surface area contributed by atoms with Crippen LogP contribution in [0.4, 0.5) is 0 Å². The van der Waals surface area contributed by atoms with Crippen LogP contribution in [0.5, 0.6) is 5.75 Å². The van der Waals surface area contributed by atoms with Crippen molar-refractivity contribution in [2.45, 2.75) is 11.0 Å². The van der Waals surface area contributed by atoms with Crippen LogP contribution in [0.1, 0.15) is 0 Å². The lowest BCUT2D eigenvalue weighted by molar-refractivity contribution is 0.223. The number of thioether (sulfide) groups is 1. The maximum Gasteiger partial charge on any atom is 0.133 e. The van der Waals surface area contributed by atoms with Crippen molar-refractivity contribution in [2.24, 2.45) is 5.73 Å². The topological polar surface area (TPSA) is 35.2 Å². The lowest BCUT2D eigenvalue weighted by Crippen LogP contribution is -2.31. The first-order valence-corrected chi connectivity index (χ1v) is 4.97. The summed E-state index contributed by atoms with van der Waals surface area (Å²) < 4.78 is 5.64. The third kappa shape index (κ3) is 1.42. The number of fused-ring (bicyclic) bond motifs is 1. The number of ether oxygens (including phenoxy) is 1. The monoisotopic (exact) mass is 181 g/mol. The minimum absolute atomic E-state index is 0.185. The largest absolute Gasteiger partial charge is 0.487 e. The molecule has 2 nitrogen and oxygen atoms in total. The fourth-order valence-electron chi connectivity index (χ4n) is 1.18. The smallest absolute Gasteiger partial charge is 0.133 e. The third-order valence-electron chi connectivity index (χ3n) is 1.83. The Hall–Kier alpha value is -0.670. The van der Waals surface area contributed by atoms with E-state index in [1.807, 2.05) is 30.0 Å². The predicted molar refractivity (Wildman–Crippen MR) is 50.6 cm³/mol. The SMILES string of the molecule is NC[C@@H]1CSc2ccccc2O1. The van der Waals surface area contributed by atoms with Crippen LogP contribution in [0, 0.1) is 0 Å². The maximum atomic E-state index is 5.64. The molecule has 0 saturated heterocycles. The third-order valence-corrected chi connectivity index (χ3v) is 3.02. The predicted octanol–water partition coefficient (Wildman–Crippen LogP) is 1.50. The number of hydrogen-bond donors (Lipinski definition) is 1. The summed E-state index contributed by atoms with van der Waals surface area (Å²) in [5.41, 5.74) is 5.52. The van der Waals surface area contributed by atoms with Crippen molar-refractivity contribution >= 4 is 11.8 Å². The Morgan fingerprint density at radius 1 is 1.50 bits per heavy atom. The van der Waals surface area contributed by atoms with Gasteiger partial charge >= 0.3 is 0 Å². The molecule has 12 heavy (non-hydrogen) atoms. The molecule has 1 aromatic rings. The number of nitrogens with two attached hydrogens (primary N) is 1. The van der Waals surface area contributed by atoms with E-state index >= 15 is 0 Å². The van der Waals surface area contributed by atoms with Crippen LogP contribution in [0.15, 0.2) is 29.2 Å². The van der Waals surface area contributed by atoms with Crippen LogP contribution < -0.4 is 10.5 Å². The summed E-state index contributed by atoms with van der Waals surface area (Å²) in [6, 6.07) is 8.08. The molecule has 0 spiro atoms. The van der Waals surface area contributed by atoms with E-state index in [0.717, 1.165) is 11.5 Å². The van der Waals surface area contributed by atoms with E-state index in [1.54, 1.807) is 0 Å². The summed E-state index contributed by atoms with van der Waals surface area (Å²) in [7, 11) is 0. The van der Waals surface area contributed by atoms with Crippen LogP contribution in [-0.4, -0.2) is 18.4 Å². The highest BCUT2D eigenvalue weighted by atomic mass is 32.2. The van der Waals surface area contributed by atoms with Crippen LogP contribution in [0.3, 0.4) is 0 Å². The Bertz CT molecular complexity index is 277. The summed E-state index contributed by atoms with van der Waals surface area (Å²) >= 11 is 1.82. The van der Waals surface area contributed by atoms with E-state index in [1.165, 1.54) is 4.90 Å². The Labute approximate surface area is 76.1 Å². The Morgan fingerprint density at radius 2 is 2.33 bits per heavy atom. The molecule has 3 heteroatoms. The maximum absolute atomic E-state index is 5.64.